The molecule has 1 aromatic heterocycles. The fourth-order valence-corrected chi connectivity index (χ4v) is 3.39. The molecule has 4 heteroatoms. The van der Waals surface area contributed by atoms with Crippen LogP contribution in [0.3, 0.4) is 0 Å². The van der Waals surface area contributed by atoms with E-state index >= 15 is 0 Å². The van der Waals surface area contributed by atoms with Gasteiger partial charge in [0.05, 0.1) is 0 Å². The van der Waals surface area contributed by atoms with E-state index in [-0.39, 0.29) is 18.8 Å². The Kier molecular flexibility index (Phi) is 4.15. The van der Waals surface area contributed by atoms with Gasteiger partial charge in [0, 0.05) is 24.3 Å². The molecule has 0 bridgehead atoms. The van der Waals surface area contributed by atoms with Crippen molar-refractivity contribution in [1.82, 2.24) is 5.32 Å². The van der Waals surface area contributed by atoms with Crippen LogP contribution < -0.4 is 5.32 Å². The Morgan fingerprint density at radius 3 is 3.00 bits per heavy atom. The third kappa shape index (κ3) is 3.49. The van der Waals surface area contributed by atoms with Crippen molar-refractivity contribution < 1.29 is 8.78 Å². The minimum absolute atomic E-state index is 0.0606. The van der Waals surface area contributed by atoms with Gasteiger partial charge in [-0.3, -0.25) is 0 Å². The van der Waals surface area contributed by atoms with Crippen LogP contribution in [0.2, 0.25) is 0 Å². The predicted molar refractivity (Wildman–Crippen MR) is 67.7 cm³/mol. The van der Waals surface area contributed by atoms with Crippen LogP contribution in [-0.4, -0.2) is 12.5 Å². The summed E-state index contributed by atoms with van der Waals surface area (Å²) in [6, 6.07) is 2.14. The zero-order chi connectivity index (χ0) is 12.3. The molecule has 0 radical (unpaired) electrons. The third-order valence-electron chi connectivity index (χ3n) is 3.44. The van der Waals surface area contributed by atoms with Crippen LogP contribution in [0.4, 0.5) is 8.78 Å². The van der Waals surface area contributed by atoms with E-state index in [1.807, 2.05) is 0 Å². The number of thiophene rings is 1. The lowest BCUT2D eigenvalue weighted by molar-refractivity contribution is 0.00508. The minimum atomic E-state index is -2.41. The second-order valence-corrected chi connectivity index (χ2v) is 5.82. The highest BCUT2D eigenvalue weighted by molar-refractivity contribution is 7.10. The van der Waals surface area contributed by atoms with Gasteiger partial charge in [0.1, 0.15) is 0 Å². The second kappa shape index (κ2) is 5.44. The SMILES string of the molecule is CCc1ccsc1CNCC1CCC(F)(F)C1. The Hall–Kier alpha value is -0.480. The van der Waals surface area contributed by atoms with E-state index in [1.54, 1.807) is 11.3 Å². The van der Waals surface area contributed by atoms with Crippen LogP contribution in [0, 0.1) is 5.92 Å². The summed E-state index contributed by atoms with van der Waals surface area (Å²) in [5.41, 5.74) is 1.37. The monoisotopic (exact) mass is 259 g/mol. The Bertz CT molecular complexity index is 362. The summed E-state index contributed by atoms with van der Waals surface area (Å²) in [7, 11) is 0. The maximum Gasteiger partial charge on any atom is 0.248 e. The fourth-order valence-electron chi connectivity index (χ4n) is 2.44. The van der Waals surface area contributed by atoms with Crippen molar-refractivity contribution in [3.63, 3.8) is 0 Å². The number of alkyl halides is 2. The summed E-state index contributed by atoms with van der Waals surface area (Å²) in [6.07, 6.45) is 1.83. The first-order chi connectivity index (χ1) is 8.11. The van der Waals surface area contributed by atoms with Crippen molar-refractivity contribution in [2.24, 2.45) is 5.92 Å². The largest absolute Gasteiger partial charge is 0.312 e. The number of aryl methyl sites for hydroxylation is 1. The van der Waals surface area contributed by atoms with Gasteiger partial charge in [-0.2, -0.15) is 0 Å². The summed E-state index contributed by atoms with van der Waals surface area (Å²) < 4.78 is 26.0. The summed E-state index contributed by atoms with van der Waals surface area (Å²) in [6.45, 7) is 3.68. The molecule has 1 nitrogen and oxygen atoms in total. The van der Waals surface area contributed by atoms with Crippen molar-refractivity contribution in [2.45, 2.75) is 45.1 Å². The molecule has 1 aliphatic rings. The van der Waals surface area contributed by atoms with E-state index in [0.29, 0.717) is 6.42 Å². The Labute approximate surface area is 105 Å². The number of rotatable bonds is 5. The normalized spacial score (nSPS) is 23.1. The molecule has 1 aromatic rings. The third-order valence-corrected chi connectivity index (χ3v) is 4.41. The molecule has 1 N–H and O–H groups in total. The van der Waals surface area contributed by atoms with Gasteiger partial charge < -0.3 is 5.32 Å². The molecule has 1 heterocycles. The van der Waals surface area contributed by atoms with E-state index in [2.05, 4.69) is 23.7 Å². The minimum Gasteiger partial charge on any atom is -0.312 e. The number of nitrogens with one attached hydrogen (secondary N) is 1. The smallest absolute Gasteiger partial charge is 0.248 e. The molecule has 0 aromatic carbocycles. The molecule has 1 unspecified atom stereocenters. The summed E-state index contributed by atoms with van der Waals surface area (Å²) in [4.78, 5) is 1.34. The zero-order valence-corrected chi connectivity index (χ0v) is 11.0. The summed E-state index contributed by atoms with van der Waals surface area (Å²) in [5, 5.41) is 5.42. The average Bonchev–Trinajstić information content (AvgIpc) is 2.85. The first-order valence-corrected chi connectivity index (χ1v) is 7.12. The summed E-state index contributed by atoms with van der Waals surface area (Å²) in [5.74, 6) is -2.26. The van der Waals surface area contributed by atoms with Crippen molar-refractivity contribution in [3.8, 4) is 0 Å². The van der Waals surface area contributed by atoms with Crippen molar-refractivity contribution >= 4 is 11.3 Å². The number of hydrogen-bond acceptors (Lipinski definition) is 2. The molecule has 0 amide bonds. The Balaban J connectivity index is 1.73. The van der Waals surface area contributed by atoms with E-state index < -0.39 is 5.92 Å². The molecule has 17 heavy (non-hydrogen) atoms. The van der Waals surface area contributed by atoms with E-state index in [4.69, 9.17) is 0 Å². The van der Waals surface area contributed by atoms with Gasteiger partial charge in [-0.1, -0.05) is 6.92 Å². The maximum atomic E-state index is 13.0. The van der Waals surface area contributed by atoms with Crippen LogP contribution >= 0.6 is 11.3 Å². The van der Waals surface area contributed by atoms with Gasteiger partial charge in [0.25, 0.3) is 0 Å². The number of hydrogen-bond donors (Lipinski definition) is 1. The van der Waals surface area contributed by atoms with Crippen LogP contribution in [0.1, 0.15) is 36.6 Å². The molecule has 1 atom stereocenters. The molecule has 1 aliphatic carbocycles. The highest BCUT2D eigenvalue weighted by atomic mass is 32.1. The van der Waals surface area contributed by atoms with Crippen molar-refractivity contribution in [1.29, 1.82) is 0 Å². The molecule has 0 spiro atoms. The highest BCUT2D eigenvalue weighted by Crippen LogP contribution is 2.38. The molecular weight excluding hydrogens is 240 g/mol. The molecule has 0 saturated heterocycles. The van der Waals surface area contributed by atoms with E-state index in [9.17, 15) is 8.78 Å². The van der Waals surface area contributed by atoms with Gasteiger partial charge in [-0.25, -0.2) is 8.78 Å². The van der Waals surface area contributed by atoms with Gasteiger partial charge in [-0.15, -0.1) is 11.3 Å². The van der Waals surface area contributed by atoms with Crippen LogP contribution in [0.15, 0.2) is 11.4 Å². The molecule has 1 fully saturated rings. The van der Waals surface area contributed by atoms with E-state index in [1.165, 1.54) is 10.4 Å². The van der Waals surface area contributed by atoms with Crippen LogP contribution in [0.5, 0.6) is 0 Å². The Morgan fingerprint density at radius 1 is 1.53 bits per heavy atom. The highest BCUT2D eigenvalue weighted by Gasteiger charge is 2.38. The zero-order valence-electron chi connectivity index (χ0n) is 10.1. The average molecular weight is 259 g/mol. The lowest BCUT2D eigenvalue weighted by atomic mass is 10.1. The van der Waals surface area contributed by atoms with Crippen molar-refractivity contribution in [2.75, 3.05) is 6.54 Å². The number of halogens is 2. The molecule has 0 aliphatic heterocycles. The van der Waals surface area contributed by atoms with Crippen molar-refractivity contribution in [3.05, 3.63) is 21.9 Å². The Morgan fingerprint density at radius 2 is 2.35 bits per heavy atom. The molecule has 2 rings (SSSR count). The standard InChI is InChI=1S/C13H19F2NS/c1-2-11-4-6-17-12(11)9-16-8-10-3-5-13(14,15)7-10/h4,6,10,16H,2-3,5,7-9H2,1H3. The predicted octanol–water partition coefficient (Wildman–Crippen LogP) is 3.84. The molecule has 1 saturated carbocycles. The second-order valence-electron chi connectivity index (χ2n) is 4.82. The molecule has 96 valence electrons. The summed E-state index contributed by atoms with van der Waals surface area (Å²) >= 11 is 1.75. The topological polar surface area (TPSA) is 12.0 Å². The first kappa shape index (κ1) is 13.0. The van der Waals surface area contributed by atoms with Gasteiger partial charge in [0.15, 0.2) is 0 Å². The van der Waals surface area contributed by atoms with Gasteiger partial charge in [-0.05, 0) is 42.3 Å². The van der Waals surface area contributed by atoms with E-state index in [0.717, 1.165) is 19.5 Å². The van der Waals surface area contributed by atoms with Gasteiger partial charge in [0.2, 0.25) is 5.92 Å². The van der Waals surface area contributed by atoms with Crippen LogP contribution in [0.25, 0.3) is 0 Å². The molecular formula is C13H19F2NS. The van der Waals surface area contributed by atoms with Gasteiger partial charge >= 0.3 is 0 Å². The maximum absolute atomic E-state index is 13.0. The fraction of sp³-hybridized carbons (Fsp3) is 0.692. The lowest BCUT2D eigenvalue weighted by Crippen LogP contribution is -2.22. The first-order valence-electron chi connectivity index (χ1n) is 6.24. The lowest BCUT2D eigenvalue weighted by Gasteiger charge is -2.11. The van der Waals surface area contributed by atoms with Crippen LogP contribution in [-0.2, 0) is 13.0 Å². The quantitative estimate of drug-likeness (QED) is 0.847.